The predicted octanol–water partition coefficient (Wildman–Crippen LogP) is 2.71. The summed E-state index contributed by atoms with van der Waals surface area (Å²) in [5.41, 5.74) is 2.44. The normalized spacial score (nSPS) is 27.8. The average Bonchev–Trinajstić information content (AvgIpc) is 2.86. The lowest BCUT2D eigenvalue weighted by molar-refractivity contribution is -0.0733. The van der Waals surface area contributed by atoms with Gasteiger partial charge in [0, 0.05) is 32.3 Å². The maximum Gasteiger partial charge on any atom is 0.0834 e. The van der Waals surface area contributed by atoms with Crippen LogP contribution in [0.25, 0.3) is 0 Å². The number of aromatic nitrogens is 2. The van der Waals surface area contributed by atoms with Gasteiger partial charge in [-0.15, -0.1) is 0 Å². The molecule has 0 saturated heterocycles. The van der Waals surface area contributed by atoms with Crippen LogP contribution in [0, 0.1) is 5.92 Å². The lowest BCUT2D eigenvalue weighted by atomic mass is 9.74. The molecule has 120 valence electrons. The molecular formula is C17H31N3O. The van der Waals surface area contributed by atoms with Crippen molar-refractivity contribution >= 4 is 0 Å². The van der Waals surface area contributed by atoms with Gasteiger partial charge in [0.05, 0.1) is 11.3 Å². The first kappa shape index (κ1) is 16.5. The number of hydrogen-bond donors (Lipinski definition) is 1. The molecule has 21 heavy (non-hydrogen) atoms. The minimum Gasteiger partial charge on any atom is -0.377 e. The number of likely N-dealkylation sites (N-methyl/N-ethyl adjacent to an activating group) is 1. The average molecular weight is 293 g/mol. The SMILES string of the molecule is CCc1cc(CC(NC)C2(OC)CCC(C)CC2)n(C)n1. The van der Waals surface area contributed by atoms with Crippen LogP contribution in [0.2, 0.25) is 0 Å². The van der Waals surface area contributed by atoms with Gasteiger partial charge in [0.15, 0.2) is 0 Å². The Kier molecular flexibility index (Phi) is 5.44. The van der Waals surface area contributed by atoms with E-state index in [4.69, 9.17) is 4.74 Å². The fourth-order valence-electron chi connectivity index (χ4n) is 3.64. The quantitative estimate of drug-likeness (QED) is 0.876. The van der Waals surface area contributed by atoms with Crippen LogP contribution in [0.4, 0.5) is 0 Å². The first-order valence-electron chi connectivity index (χ1n) is 8.28. The molecule has 0 aliphatic heterocycles. The van der Waals surface area contributed by atoms with Gasteiger partial charge in [0.2, 0.25) is 0 Å². The maximum absolute atomic E-state index is 6.03. The van der Waals surface area contributed by atoms with Crippen LogP contribution in [0.15, 0.2) is 6.07 Å². The van der Waals surface area contributed by atoms with Crippen molar-refractivity contribution in [3.8, 4) is 0 Å². The number of nitrogens with one attached hydrogen (secondary N) is 1. The summed E-state index contributed by atoms with van der Waals surface area (Å²) >= 11 is 0. The van der Waals surface area contributed by atoms with E-state index in [-0.39, 0.29) is 5.60 Å². The second-order valence-corrected chi connectivity index (χ2v) is 6.60. The molecule has 0 spiro atoms. The van der Waals surface area contributed by atoms with Crippen LogP contribution in [-0.2, 0) is 24.6 Å². The van der Waals surface area contributed by atoms with E-state index in [1.165, 1.54) is 24.2 Å². The molecule has 1 aliphatic carbocycles. The summed E-state index contributed by atoms with van der Waals surface area (Å²) in [6, 6.07) is 2.58. The molecule has 1 heterocycles. The largest absolute Gasteiger partial charge is 0.377 e. The Bertz CT molecular complexity index is 447. The number of hydrogen-bond acceptors (Lipinski definition) is 3. The second kappa shape index (κ2) is 6.93. The molecule has 0 bridgehead atoms. The highest BCUT2D eigenvalue weighted by molar-refractivity contribution is 5.13. The van der Waals surface area contributed by atoms with E-state index in [0.29, 0.717) is 6.04 Å². The van der Waals surface area contributed by atoms with Crippen LogP contribution in [0.1, 0.15) is 50.9 Å². The van der Waals surface area contributed by atoms with Crippen molar-refractivity contribution in [1.82, 2.24) is 15.1 Å². The first-order valence-corrected chi connectivity index (χ1v) is 8.28. The minimum atomic E-state index is -0.0299. The summed E-state index contributed by atoms with van der Waals surface area (Å²) in [7, 11) is 5.98. The topological polar surface area (TPSA) is 39.1 Å². The van der Waals surface area contributed by atoms with Crippen molar-refractivity contribution in [2.24, 2.45) is 13.0 Å². The number of methoxy groups -OCH3 is 1. The molecule has 4 nitrogen and oxygen atoms in total. The van der Waals surface area contributed by atoms with E-state index < -0.39 is 0 Å². The molecule has 1 unspecified atom stereocenters. The molecule has 0 aromatic carbocycles. The zero-order chi connectivity index (χ0) is 15.5. The van der Waals surface area contributed by atoms with Gasteiger partial charge < -0.3 is 10.1 Å². The van der Waals surface area contributed by atoms with Crippen LogP contribution in [0.5, 0.6) is 0 Å². The lowest BCUT2D eigenvalue weighted by Crippen LogP contribution is -2.54. The molecule has 4 heteroatoms. The van der Waals surface area contributed by atoms with Gasteiger partial charge in [0.1, 0.15) is 0 Å². The molecule has 1 fully saturated rings. The number of ether oxygens (including phenoxy) is 1. The number of nitrogens with zero attached hydrogens (tertiary/aromatic N) is 2. The van der Waals surface area contributed by atoms with E-state index in [9.17, 15) is 0 Å². The van der Waals surface area contributed by atoms with Gasteiger partial charge in [-0.25, -0.2) is 0 Å². The molecule has 2 rings (SSSR count). The Morgan fingerprint density at radius 3 is 2.62 bits per heavy atom. The van der Waals surface area contributed by atoms with Gasteiger partial charge in [-0.2, -0.15) is 5.10 Å². The van der Waals surface area contributed by atoms with E-state index in [2.05, 4.69) is 37.4 Å². The Balaban J connectivity index is 2.15. The minimum absolute atomic E-state index is 0.0299. The predicted molar refractivity (Wildman–Crippen MR) is 86.5 cm³/mol. The number of aryl methyl sites for hydroxylation is 2. The smallest absolute Gasteiger partial charge is 0.0834 e. The van der Waals surface area contributed by atoms with Crippen LogP contribution >= 0.6 is 0 Å². The lowest BCUT2D eigenvalue weighted by Gasteiger charge is -2.44. The third-order valence-electron chi connectivity index (χ3n) is 5.31. The third-order valence-corrected chi connectivity index (χ3v) is 5.31. The summed E-state index contributed by atoms with van der Waals surface area (Å²) in [6.07, 6.45) is 6.78. The van der Waals surface area contributed by atoms with E-state index in [0.717, 1.165) is 31.6 Å². The van der Waals surface area contributed by atoms with Gasteiger partial charge >= 0.3 is 0 Å². The summed E-state index contributed by atoms with van der Waals surface area (Å²) in [6.45, 7) is 4.50. The van der Waals surface area contributed by atoms with Crippen molar-refractivity contribution < 1.29 is 4.74 Å². The van der Waals surface area contributed by atoms with Crippen molar-refractivity contribution in [3.05, 3.63) is 17.5 Å². The highest BCUT2D eigenvalue weighted by Crippen LogP contribution is 2.37. The van der Waals surface area contributed by atoms with Crippen molar-refractivity contribution in [1.29, 1.82) is 0 Å². The Labute approximate surface area is 129 Å². The first-order chi connectivity index (χ1) is 10.0. The van der Waals surface area contributed by atoms with Crippen LogP contribution in [-0.4, -0.2) is 35.6 Å². The monoisotopic (exact) mass is 293 g/mol. The molecule has 1 saturated carbocycles. The van der Waals surface area contributed by atoms with Crippen molar-refractivity contribution in [2.45, 2.75) is 64.0 Å². The summed E-state index contributed by atoms with van der Waals surface area (Å²) in [5.74, 6) is 0.828. The maximum atomic E-state index is 6.03. The van der Waals surface area contributed by atoms with Crippen LogP contribution in [0.3, 0.4) is 0 Å². The third kappa shape index (κ3) is 3.49. The van der Waals surface area contributed by atoms with E-state index >= 15 is 0 Å². The Morgan fingerprint density at radius 1 is 1.48 bits per heavy atom. The highest BCUT2D eigenvalue weighted by Gasteiger charge is 2.41. The van der Waals surface area contributed by atoms with Gasteiger partial charge in [-0.05, 0) is 51.1 Å². The fourth-order valence-corrected chi connectivity index (χ4v) is 3.64. The Hall–Kier alpha value is -0.870. The fraction of sp³-hybridized carbons (Fsp3) is 0.824. The summed E-state index contributed by atoms with van der Waals surface area (Å²) in [4.78, 5) is 0. The molecule has 0 radical (unpaired) electrons. The zero-order valence-corrected chi connectivity index (χ0v) is 14.3. The summed E-state index contributed by atoms with van der Waals surface area (Å²) in [5, 5.41) is 8.09. The molecule has 1 N–H and O–H groups in total. The van der Waals surface area contributed by atoms with Crippen molar-refractivity contribution in [3.63, 3.8) is 0 Å². The molecule has 1 aliphatic rings. The second-order valence-electron chi connectivity index (χ2n) is 6.60. The standard InChI is InChI=1S/C17H31N3O/c1-6-14-11-15(20(4)19-14)12-16(18-3)17(21-5)9-7-13(2)8-10-17/h11,13,16,18H,6-10,12H2,1-5H3. The Morgan fingerprint density at radius 2 is 2.14 bits per heavy atom. The van der Waals surface area contributed by atoms with Gasteiger partial charge in [-0.1, -0.05) is 13.8 Å². The summed E-state index contributed by atoms with van der Waals surface area (Å²) < 4.78 is 8.06. The molecule has 1 atom stereocenters. The number of rotatable bonds is 6. The molecular weight excluding hydrogens is 262 g/mol. The highest BCUT2D eigenvalue weighted by atomic mass is 16.5. The zero-order valence-electron chi connectivity index (χ0n) is 14.3. The molecule has 1 aromatic heterocycles. The molecule has 0 amide bonds. The van der Waals surface area contributed by atoms with Crippen LogP contribution < -0.4 is 5.32 Å². The van der Waals surface area contributed by atoms with Gasteiger partial charge in [-0.3, -0.25) is 4.68 Å². The van der Waals surface area contributed by atoms with Gasteiger partial charge in [0.25, 0.3) is 0 Å². The van der Waals surface area contributed by atoms with E-state index in [1.54, 1.807) is 0 Å². The molecule has 1 aromatic rings. The van der Waals surface area contributed by atoms with Crippen molar-refractivity contribution in [2.75, 3.05) is 14.2 Å². The van der Waals surface area contributed by atoms with E-state index in [1.807, 2.05) is 18.8 Å².